The summed E-state index contributed by atoms with van der Waals surface area (Å²) in [4.78, 5) is 31.1. The number of nitrogens with one attached hydrogen (secondary N) is 1. The van der Waals surface area contributed by atoms with Crippen molar-refractivity contribution in [3.63, 3.8) is 0 Å². The second-order valence-electron chi connectivity index (χ2n) is 5.86. The van der Waals surface area contributed by atoms with Crippen LogP contribution >= 0.6 is 11.3 Å². The average Bonchev–Trinajstić information content (AvgIpc) is 2.99. The van der Waals surface area contributed by atoms with E-state index < -0.39 is 0 Å². The van der Waals surface area contributed by atoms with Crippen molar-refractivity contribution in [2.24, 2.45) is 5.92 Å². The van der Waals surface area contributed by atoms with Gasteiger partial charge in [0.25, 0.3) is 5.56 Å². The van der Waals surface area contributed by atoms with Crippen molar-refractivity contribution in [1.29, 1.82) is 0 Å². The maximum Gasteiger partial charge on any atom is 0.275 e. The molecular weight excluding hydrogens is 330 g/mol. The number of rotatable bonds is 5. The Hall–Kier alpha value is -2.00. The quantitative estimate of drug-likeness (QED) is 0.787. The van der Waals surface area contributed by atoms with E-state index in [-0.39, 0.29) is 17.4 Å². The molecule has 0 atom stereocenters. The number of hydrogen-bond donors (Lipinski definition) is 1. The molecule has 1 amide bonds. The molecule has 1 aliphatic heterocycles. The second-order valence-corrected chi connectivity index (χ2v) is 6.79. The normalized spacial score (nSPS) is 15.8. The van der Waals surface area contributed by atoms with E-state index in [0.717, 1.165) is 31.1 Å². The number of anilines is 1. The van der Waals surface area contributed by atoms with Crippen LogP contribution in [0.15, 0.2) is 10.9 Å². The Kier molecular flexibility index (Phi) is 5.10. The van der Waals surface area contributed by atoms with Crippen molar-refractivity contribution >= 4 is 27.3 Å². The maximum absolute atomic E-state index is 12.1. The van der Waals surface area contributed by atoms with Crippen molar-refractivity contribution in [1.82, 2.24) is 19.9 Å². The van der Waals surface area contributed by atoms with Crippen LogP contribution in [-0.4, -0.2) is 53.9 Å². The van der Waals surface area contributed by atoms with Crippen molar-refractivity contribution in [2.45, 2.75) is 19.8 Å². The van der Waals surface area contributed by atoms with Crippen LogP contribution in [0.5, 0.6) is 0 Å². The molecule has 0 aliphatic carbocycles. The van der Waals surface area contributed by atoms with E-state index in [1.165, 1.54) is 21.9 Å². The number of aromatic nitrogens is 3. The van der Waals surface area contributed by atoms with E-state index >= 15 is 0 Å². The lowest BCUT2D eigenvalue weighted by Gasteiger charge is -2.30. The highest BCUT2D eigenvalue weighted by Gasteiger charge is 2.26. The van der Waals surface area contributed by atoms with Gasteiger partial charge in [-0.25, -0.2) is 4.98 Å². The van der Waals surface area contributed by atoms with Gasteiger partial charge in [-0.3, -0.25) is 9.59 Å². The van der Waals surface area contributed by atoms with E-state index in [4.69, 9.17) is 4.74 Å². The molecule has 2 aromatic rings. The Balaban J connectivity index is 1.63. The first-order chi connectivity index (χ1) is 11.6. The standard InChI is InChI=1S/C15H21N5O3S/c1-10-9-12(21)20-14(17-10)24-15(18-20)19-6-3-11(4-7-19)13(22)16-5-8-23-2/h9,11H,3-8H2,1-2H3,(H,16,22). The predicted molar refractivity (Wildman–Crippen MR) is 91.7 cm³/mol. The van der Waals surface area contributed by atoms with Gasteiger partial charge >= 0.3 is 0 Å². The molecule has 3 rings (SSSR count). The predicted octanol–water partition coefficient (Wildman–Crippen LogP) is 0.438. The van der Waals surface area contributed by atoms with Crippen LogP contribution in [0.4, 0.5) is 5.13 Å². The number of carbonyl (C=O) groups is 1. The van der Waals surface area contributed by atoms with Gasteiger partial charge in [0.1, 0.15) is 0 Å². The van der Waals surface area contributed by atoms with Gasteiger partial charge in [0.15, 0.2) is 0 Å². The van der Waals surface area contributed by atoms with E-state index in [2.05, 4.69) is 20.3 Å². The van der Waals surface area contributed by atoms with Gasteiger partial charge in [-0.1, -0.05) is 11.3 Å². The van der Waals surface area contributed by atoms with E-state index in [9.17, 15) is 9.59 Å². The Morgan fingerprint density at radius 3 is 2.92 bits per heavy atom. The molecule has 1 N–H and O–H groups in total. The number of nitrogens with zero attached hydrogens (tertiary/aromatic N) is 4. The number of carbonyl (C=O) groups excluding carboxylic acids is 1. The van der Waals surface area contributed by atoms with Crippen molar-refractivity contribution in [2.75, 3.05) is 38.3 Å². The fourth-order valence-corrected chi connectivity index (χ4v) is 3.80. The summed E-state index contributed by atoms with van der Waals surface area (Å²) >= 11 is 1.41. The van der Waals surface area contributed by atoms with Crippen molar-refractivity contribution in [3.8, 4) is 0 Å². The van der Waals surface area contributed by atoms with Crippen LogP contribution in [0.1, 0.15) is 18.5 Å². The third kappa shape index (κ3) is 3.57. The molecule has 130 valence electrons. The van der Waals surface area contributed by atoms with Gasteiger partial charge in [0.2, 0.25) is 16.0 Å². The van der Waals surface area contributed by atoms with Crippen LogP contribution in [-0.2, 0) is 9.53 Å². The molecule has 1 aliphatic rings. The minimum atomic E-state index is -0.160. The van der Waals surface area contributed by atoms with Crippen LogP contribution in [0.25, 0.3) is 4.96 Å². The zero-order valence-corrected chi connectivity index (χ0v) is 14.6. The minimum absolute atomic E-state index is 0.0237. The van der Waals surface area contributed by atoms with Crippen LogP contribution in [0.3, 0.4) is 0 Å². The number of piperidine rings is 1. The Bertz CT molecular complexity index is 779. The summed E-state index contributed by atoms with van der Waals surface area (Å²) in [5.41, 5.74) is 0.536. The maximum atomic E-state index is 12.1. The summed E-state index contributed by atoms with van der Waals surface area (Å²) in [5.74, 6) is 0.111. The summed E-state index contributed by atoms with van der Waals surface area (Å²) in [6, 6.07) is 1.48. The highest BCUT2D eigenvalue weighted by molar-refractivity contribution is 7.20. The molecule has 0 saturated carbocycles. The number of amides is 1. The van der Waals surface area contributed by atoms with Crippen molar-refractivity contribution in [3.05, 3.63) is 22.1 Å². The van der Waals surface area contributed by atoms with E-state index in [1.54, 1.807) is 14.0 Å². The molecule has 1 fully saturated rings. The first-order valence-corrected chi connectivity index (χ1v) is 8.79. The summed E-state index contributed by atoms with van der Waals surface area (Å²) < 4.78 is 6.28. The number of ether oxygens (including phenoxy) is 1. The van der Waals surface area contributed by atoms with E-state index in [1.807, 2.05) is 0 Å². The number of hydrogen-bond acceptors (Lipinski definition) is 7. The lowest BCUT2D eigenvalue weighted by Crippen LogP contribution is -2.41. The molecule has 0 radical (unpaired) electrons. The van der Waals surface area contributed by atoms with Crippen LogP contribution in [0.2, 0.25) is 0 Å². The molecular formula is C15H21N5O3S. The SMILES string of the molecule is COCCNC(=O)C1CCN(c2nn3c(=O)cc(C)nc3s2)CC1. The summed E-state index contributed by atoms with van der Waals surface area (Å²) in [7, 11) is 1.62. The second kappa shape index (κ2) is 7.27. The molecule has 1 saturated heterocycles. The topological polar surface area (TPSA) is 88.8 Å². The van der Waals surface area contributed by atoms with Gasteiger partial charge < -0.3 is 15.0 Å². The molecule has 2 aromatic heterocycles. The Labute approximate surface area is 143 Å². The van der Waals surface area contributed by atoms with Crippen LogP contribution in [0, 0.1) is 12.8 Å². The highest BCUT2D eigenvalue weighted by atomic mass is 32.1. The Morgan fingerprint density at radius 2 is 2.21 bits per heavy atom. The van der Waals surface area contributed by atoms with Gasteiger partial charge in [-0.2, -0.15) is 4.52 Å². The van der Waals surface area contributed by atoms with Gasteiger partial charge in [0, 0.05) is 44.4 Å². The summed E-state index contributed by atoms with van der Waals surface area (Å²) in [6.07, 6.45) is 1.55. The third-order valence-corrected chi connectivity index (χ3v) is 5.07. The molecule has 0 aromatic carbocycles. The molecule has 0 spiro atoms. The van der Waals surface area contributed by atoms with Gasteiger partial charge in [-0.15, -0.1) is 5.10 Å². The Morgan fingerprint density at radius 1 is 1.46 bits per heavy atom. The fraction of sp³-hybridized carbons (Fsp3) is 0.600. The minimum Gasteiger partial charge on any atom is -0.383 e. The summed E-state index contributed by atoms with van der Waals surface area (Å²) in [5, 5.41) is 8.05. The smallest absolute Gasteiger partial charge is 0.275 e. The first-order valence-electron chi connectivity index (χ1n) is 7.97. The zero-order valence-electron chi connectivity index (χ0n) is 13.8. The van der Waals surface area contributed by atoms with Crippen LogP contribution < -0.4 is 15.8 Å². The number of aryl methyl sites for hydroxylation is 1. The largest absolute Gasteiger partial charge is 0.383 e. The van der Waals surface area contributed by atoms with Crippen molar-refractivity contribution < 1.29 is 9.53 Å². The molecule has 0 bridgehead atoms. The van der Waals surface area contributed by atoms with Gasteiger partial charge in [0.05, 0.1) is 6.61 Å². The molecule has 8 nitrogen and oxygen atoms in total. The average molecular weight is 351 g/mol. The van der Waals surface area contributed by atoms with E-state index in [0.29, 0.717) is 23.8 Å². The third-order valence-electron chi connectivity index (χ3n) is 4.10. The monoisotopic (exact) mass is 351 g/mol. The fourth-order valence-electron chi connectivity index (χ4n) is 2.79. The highest BCUT2D eigenvalue weighted by Crippen LogP contribution is 2.26. The number of methoxy groups -OCH3 is 1. The molecule has 0 unspecified atom stereocenters. The molecule has 9 heteroatoms. The number of fused-ring (bicyclic) bond motifs is 1. The summed E-state index contributed by atoms with van der Waals surface area (Å²) in [6.45, 7) is 4.36. The van der Waals surface area contributed by atoms with Gasteiger partial charge in [-0.05, 0) is 19.8 Å². The lowest BCUT2D eigenvalue weighted by atomic mass is 9.96. The zero-order chi connectivity index (χ0) is 17.1. The molecule has 24 heavy (non-hydrogen) atoms. The lowest BCUT2D eigenvalue weighted by molar-refractivity contribution is -0.125. The first kappa shape index (κ1) is 16.8. The molecule has 3 heterocycles.